The molecule has 0 aromatic carbocycles. The second-order valence-electron chi connectivity index (χ2n) is 7.94. The summed E-state index contributed by atoms with van der Waals surface area (Å²) in [6.45, 7) is 8.80. The molecule has 9 heteroatoms. The number of fused-ring (bicyclic) bond motifs is 1. The van der Waals surface area contributed by atoms with E-state index in [1.807, 2.05) is 10.3 Å². The molecule has 4 heterocycles. The zero-order valence-electron chi connectivity index (χ0n) is 16.6. The van der Waals surface area contributed by atoms with Crippen molar-refractivity contribution in [1.82, 2.24) is 14.4 Å². The Morgan fingerprint density at radius 1 is 1.21 bits per heavy atom. The predicted octanol–water partition coefficient (Wildman–Crippen LogP) is 2.54. The Balaban J connectivity index is 1.61. The highest BCUT2D eigenvalue weighted by molar-refractivity contribution is 7.14. The van der Waals surface area contributed by atoms with E-state index < -0.39 is 0 Å². The molecule has 1 aliphatic heterocycles. The molecule has 8 nitrogen and oxygen atoms in total. The van der Waals surface area contributed by atoms with Crippen LogP contribution < -0.4 is 15.8 Å². The number of nitrogens with zero attached hydrogens (tertiary/aromatic N) is 4. The molecular formula is C20H23N5O3S. The Labute approximate surface area is 172 Å². The molecule has 0 atom stereocenters. The number of rotatable bonds is 3. The van der Waals surface area contributed by atoms with Crippen LogP contribution in [0.1, 0.15) is 36.8 Å². The van der Waals surface area contributed by atoms with Crippen molar-refractivity contribution in [3.63, 3.8) is 0 Å². The van der Waals surface area contributed by atoms with E-state index in [0.29, 0.717) is 48.5 Å². The van der Waals surface area contributed by atoms with Crippen LogP contribution in [0.3, 0.4) is 0 Å². The highest BCUT2D eigenvalue weighted by atomic mass is 32.1. The number of anilines is 2. The van der Waals surface area contributed by atoms with Crippen LogP contribution in [0.4, 0.5) is 10.9 Å². The molecular weight excluding hydrogens is 390 g/mol. The van der Waals surface area contributed by atoms with Crippen LogP contribution in [-0.4, -0.2) is 46.6 Å². The Morgan fingerprint density at radius 2 is 1.97 bits per heavy atom. The summed E-state index contributed by atoms with van der Waals surface area (Å²) in [4.78, 5) is 36.3. The Hall–Kier alpha value is -2.78. The van der Waals surface area contributed by atoms with Gasteiger partial charge in [-0.3, -0.25) is 19.3 Å². The molecule has 0 unspecified atom stereocenters. The zero-order valence-corrected chi connectivity index (χ0v) is 17.5. The van der Waals surface area contributed by atoms with Crippen molar-refractivity contribution < 1.29 is 9.53 Å². The van der Waals surface area contributed by atoms with Gasteiger partial charge in [-0.15, -0.1) is 11.3 Å². The number of pyridine rings is 1. The fourth-order valence-electron chi connectivity index (χ4n) is 3.03. The molecule has 0 saturated carbocycles. The zero-order chi connectivity index (χ0) is 20.6. The molecule has 0 bridgehead atoms. The topological polar surface area (TPSA) is 88.8 Å². The van der Waals surface area contributed by atoms with Gasteiger partial charge in [0.2, 0.25) is 0 Å². The first-order valence-electron chi connectivity index (χ1n) is 9.45. The van der Waals surface area contributed by atoms with Crippen LogP contribution >= 0.6 is 11.3 Å². The maximum Gasteiger partial charge on any atom is 0.259 e. The van der Waals surface area contributed by atoms with Crippen LogP contribution in [0.2, 0.25) is 0 Å². The standard InChI is InChI=1S/C20H23N5O3S/c1-20(2,3)14-12-29-19(21-14)23-18(27)13-4-5-25-16(10-13)22-15(11-17(25)26)24-6-8-28-9-7-24/h4-5,10-12H,6-9H2,1-3H3,(H,21,23,27). The summed E-state index contributed by atoms with van der Waals surface area (Å²) in [6, 6.07) is 4.75. The van der Waals surface area contributed by atoms with Crippen LogP contribution in [0.5, 0.6) is 0 Å². The van der Waals surface area contributed by atoms with Gasteiger partial charge in [-0.1, -0.05) is 20.8 Å². The Kier molecular flexibility index (Phi) is 5.10. The molecule has 29 heavy (non-hydrogen) atoms. The lowest BCUT2D eigenvalue weighted by molar-refractivity contribution is 0.102. The van der Waals surface area contributed by atoms with Gasteiger partial charge >= 0.3 is 0 Å². The number of thiazole rings is 1. The quantitative estimate of drug-likeness (QED) is 0.710. The third-order valence-electron chi connectivity index (χ3n) is 4.74. The average Bonchev–Trinajstić information content (AvgIpc) is 3.17. The molecule has 4 rings (SSSR count). The lowest BCUT2D eigenvalue weighted by atomic mass is 9.93. The first kappa shape index (κ1) is 19.5. The van der Waals surface area contributed by atoms with Crippen molar-refractivity contribution in [3.05, 3.63) is 51.4 Å². The van der Waals surface area contributed by atoms with E-state index in [-0.39, 0.29) is 16.9 Å². The van der Waals surface area contributed by atoms with Crippen molar-refractivity contribution in [2.75, 3.05) is 36.5 Å². The molecule has 0 radical (unpaired) electrons. The third-order valence-corrected chi connectivity index (χ3v) is 5.50. The summed E-state index contributed by atoms with van der Waals surface area (Å²) in [5, 5.41) is 5.33. The number of hydrogen-bond acceptors (Lipinski definition) is 7. The second kappa shape index (κ2) is 7.57. The number of hydrogen-bond donors (Lipinski definition) is 1. The molecule has 1 N–H and O–H groups in total. The minimum Gasteiger partial charge on any atom is -0.378 e. The number of carbonyl (C=O) groups excluding carboxylic acids is 1. The number of amides is 1. The van der Waals surface area contributed by atoms with E-state index in [1.165, 1.54) is 21.8 Å². The molecule has 1 aliphatic rings. The summed E-state index contributed by atoms with van der Waals surface area (Å²) in [6.07, 6.45) is 1.57. The first-order chi connectivity index (χ1) is 13.8. The number of carbonyl (C=O) groups is 1. The molecule has 152 valence electrons. The largest absolute Gasteiger partial charge is 0.378 e. The molecule has 1 amide bonds. The first-order valence-corrected chi connectivity index (χ1v) is 10.3. The fraction of sp³-hybridized carbons (Fsp3) is 0.400. The van der Waals surface area contributed by atoms with E-state index in [2.05, 4.69) is 36.1 Å². The van der Waals surface area contributed by atoms with Crippen molar-refractivity contribution in [2.24, 2.45) is 0 Å². The molecule has 0 aliphatic carbocycles. The van der Waals surface area contributed by atoms with E-state index in [1.54, 1.807) is 18.3 Å². The maximum absolute atomic E-state index is 12.7. The average molecular weight is 414 g/mol. The van der Waals surface area contributed by atoms with Gasteiger partial charge in [-0.05, 0) is 12.1 Å². The van der Waals surface area contributed by atoms with Gasteiger partial charge in [0.25, 0.3) is 11.5 Å². The Bertz CT molecular complexity index is 1110. The smallest absolute Gasteiger partial charge is 0.259 e. The summed E-state index contributed by atoms with van der Waals surface area (Å²) in [5.74, 6) is 0.318. The Morgan fingerprint density at radius 3 is 2.66 bits per heavy atom. The summed E-state index contributed by atoms with van der Waals surface area (Å²) in [7, 11) is 0. The van der Waals surface area contributed by atoms with Crippen molar-refractivity contribution in [3.8, 4) is 0 Å². The minimum atomic E-state index is -0.284. The van der Waals surface area contributed by atoms with E-state index in [0.717, 1.165) is 5.69 Å². The predicted molar refractivity (Wildman–Crippen MR) is 113 cm³/mol. The van der Waals surface area contributed by atoms with Crippen LogP contribution in [0.25, 0.3) is 5.65 Å². The van der Waals surface area contributed by atoms with Crippen LogP contribution in [0.15, 0.2) is 34.6 Å². The highest BCUT2D eigenvalue weighted by Gasteiger charge is 2.19. The molecule has 1 saturated heterocycles. The van der Waals surface area contributed by atoms with Gasteiger partial charge in [0.15, 0.2) is 5.13 Å². The number of ether oxygens (including phenoxy) is 1. The van der Waals surface area contributed by atoms with Crippen molar-refractivity contribution in [2.45, 2.75) is 26.2 Å². The maximum atomic E-state index is 12.7. The molecule has 3 aromatic heterocycles. The van der Waals surface area contributed by atoms with Gasteiger partial charge in [0, 0.05) is 41.7 Å². The van der Waals surface area contributed by atoms with Gasteiger partial charge in [0.1, 0.15) is 11.5 Å². The third kappa shape index (κ3) is 4.15. The van der Waals surface area contributed by atoms with Crippen LogP contribution in [0, 0.1) is 0 Å². The highest BCUT2D eigenvalue weighted by Crippen LogP contribution is 2.26. The monoisotopic (exact) mass is 413 g/mol. The fourth-order valence-corrected chi connectivity index (χ4v) is 3.96. The summed E-state index contributed by atoms with van der Waals surface area (Å²) >= 11 is 1.39. The number of nitrogens with one attached hydrogen (secondary N) is 1. The van der Waals surface area contributed by atoms with Gasteiger partial charge in [-0.25, -0.2) is 9.97 Å². The van der Waals surface area contributed by atoms with Gasteiger partial charge in [-0.2, -0.15) is 0 Å². The lowest BCUT2D eigenvalue weighted by Crippen LogP contribution is -2.37. The lowest BCUT2D eigenvalue weighted by Gasteiger charge is -2.27. The van der Waals surface area contributed by atoms with Crippen molar-refractivity contribution in [1.29, 1.82) is 0 Å². The molecule has 3 aromatic rings. The van der Waals surface area contributed by atoms with Gasteiger partial charge < -0.3 is 9.64 Å². The van der Waals surface area contributed by atoms with Gasteiger partial charge in [0.05, 0.1) is 18.9 Å². The number of morpholine rings is 1. The van der Waals surface area contributed by atoms with E-state index >= 15 is 0 Å². The SMILES string of the molecule is CC(C)(C)c1csc(NC(=O)c2ccn3c(=O)cc(N4CCOCC4)nc3c2)n1. The summed E-state index contributed by atoms with van der Waals surface area (Å²) in [5.41, 5.74) is 1.52. The number of aromatic nitrogens is 3. The minimum absolute atomic E-state index is 0.0800. The normalized spacial score (nSPS) is 14.9. The van der Waals surface area contributed by atoms with E-state index in [9.17, 15) is 9.59 Å². The van der Waals surface area contributed by atoms with Crippen molar-refractivity contribution >= 4 is 33.8 Å². The second-order valence-corrected chi connectivity index (χ2v) is 8.80. The van der Waals surface area contributed by atoms with E-state index in [4.69, 9.17) is 4.74 Å². The molecule has 1 fully saturated rings. The van der Waals surface area contributed by atoms with Crippen LogP contribution in [-0.2, 0) is 10.2 Å². The summed E-state index contributed by atoms with van der Waals surface area (Å²) < 4.78 is 6.79. The molecule has 0 spiro atoms.